The highest BCUT2D eigenvalue weighted by atomic mass is 35.5. The average molecular weight is 393 g/mol. The van der Waals surface area contributed by atoms with Crippen LogP contribution in [0.1, 0.15) is 10.4 Å². The fourth-order valence-electron chi connectivity index (χ4n) is 2.30. The van der Waals surface area contributed by atoms with E-state index >= 15 is 0 Å². The zero-order valence-corrected chi connectivity index (χ0v) is 14.6. The van der Waals surface area contributed by atoms with E-state index in [4.69, 9.17) is 27.9 Å². The second-order valence-corrected chi connectivity index (χ2v) is 6.08. The number of nitrogens with one attached hydrogen (secondary N) is 1. The van der Waals surface area contributed by atoms with Crippen LogP contribution in [0.2, 0.25) is 10.2 Å². The fraction of sp³-hybridized carbons (Fsp3) is 0.0556. The van der Waals surface area contributed by atoms with Crippen LogP contribution < -0.4 is 5.32 Å². The number of carbonyl (C=O) groups excluding carboxylic acids is 2. The lowest BCUT2D eigenvalue weighted by atomic mass is 10.1. The summed E-state index contributed by atoms with van der Waals surface area (Å²) in [5, 5.41) is 3.22. The van der Waals surface area contributed by atoms with Crippen LogP contribution in [0.15, 0.2) is 48.5 Å². The molecule has 0 unspecified atom stereocenters. The summed E-state index contributed by atoms with van der Waals surface area (Å²) in [4.78, 5) is 28.3. The van der Waals surface area contributed by atoms with Crippen molar-refractivity contribution in [2.24, 2.45) is 0 Å². The molecular formula is C18H11Cl2FN2O3. The number of ether oxygens (including phenoxy) is 1. The molecule has 3 rings (SSSR count). The summed E-state index contributed by atoms with van der Waals surface area (Å²) in [5.74, 6) is -2.10. The number of anilines is 1. The number of benzene rings is 2. The lowest BCUT2D eigenvalue weighted by molar-refractivity contribution is -0.119. The third kappa shape index (κ3) is 4.09. The predicted octanol–water partition coefficient (Wildman–Crippen LogP) is 4.48. The van der Waals surface area contributed by atoms with Crippen LogP contribution in [-0.2, 0) is 9.53 Å². The molecule has 0 aliphatic heterocycles. The SMILES string of the molecule is O=C(COC(=O)c1cc(Cl)nc2ccccc12)Nc1cc(Cl)ccc1F. The molecular weight excluding hydrogens is 382 g/mol. The maximum Gasteiger partial charge on any atom is 0.339 e. The Morgan fingerprint density at radius 2 is 1.88 bits per heavy atom. The first-order valence-corrected chi connectivity index (χ1v) is 8.17. The maximum absolute atomic E-state index is 13.6. The molecule has 1 heterocycles. The molecule has 0 radical (unpaired) electrons. The van der Waals surface area contributed by atoms with Gasteiger partial charge in [0.2, 0.25) is 0 Å². The van der Waals surface area contributed by atoms with Gasteiger partial charge in [-0.05, 0) is 30.3 Å². The van der Waals surface area contributed by atoms with Crippen molar-refractivity contribution in [1.29, 1.82) is 0 Å². The van der Waals surface area contributed by atoms with Crippen LogP contribution in [0.25, 0.3) is 10.9 Å². The van der Waals surface area contributed by atoms with Crippen molar-refractivity contribution in [3.05, 3.63) is 70.1 Å². The predicted molar refractivity (Wildman–Crippen MR) is 97.1 cm³/mol. The summed E-state index contributed by atoms with van der Waals surface area (Å²) in [6.45, 7) is -0.598. The van der Waals surface area contributed by atoms with Crippen molar-refractivity contribution in [1.82, 2.24) is 4.98 Å². The average Bonchev–Trinajstić information content (AvgIpc) is 2.62. The lowest BCUT2D eigenvalue weighted by Crippen LogP contribution is -2.21. The first-order valence-electron chi connectivity index (χ1n) is 7.41. The maximum atomic E-state index is 13.6. The van der Waals surface area contributed by atoms with Crippen LogP contribution in [0, 0.1) is 5.82 Å². The minimum Gasteiger partial charge on any atom is -0.452 e. The van der Waals surface area contributed by atoms with E-state index in [0.717, 1.165) is 6.07 Å². The van der Waals surface area contributed by atoms with E-state index in [0.29, 0.717) is 10.9 Å². The van der Waals surface area contributed by atoms with Gasteiger partial charge in [-0.2, -0.15) is 0 Å². The number of halogens is 3. The molecule has 5 nitrogen and oxygen atoms in total. The minimum atomic E-state index is -0.743. The van der Waals surface area contributed by atoms with Gasteiger partial charge in [-0.3, -0.25) is 4.79 Å². The standard InChI is InChI=1S/C18H11Cl2FN2O3/c19-10-5-6-13(21)15(7-10)23-17(24)9-26-18(25)12-8-16(20)22-14-4-2-1-3-11(12)14/h1-8H,9H2,(H,23,24). The van der Waals surface area contributed by atoms with Gasteiger partial charge in [-0.15, -0.1) is 0 Å². The first-order chi connectivity index (χ1) is 12.4. The summed E-state index contributed by atoms with van der Waals surface area (Å²) < 4.78 is 18.6. The Morgan fingerprint density at radius 3 is 2.69 bits per heavy atom. The molecule has 0 atom stereocenters. The highest BCUT2D eigenvalue weighted by molar-refractivity contribution is 6.31. The molecule has 1 aromatic heterocycles. The largest absolute Gasteiger partial charge is 0.452 e. The molecule has 0 fully saturated rings. The molecule has 132 valence electrons. The second-order valence-electron chi connectivity index (χ2n) is 5.26. The summed E-state index contributed by atoms with van der Waals surface area (Å²) in [6, 6.07) is 12.0. The van der Waals surface area contributed by atoms with E-state index in [1.54, 1.807) is 24.3 Å². The van der Waals surface area contributed by atoms with Crippen LogP contribution in [0.4, 0.5) is 10.1 Å². The molecule has 0 saturated heterocycles. The number of esters is 1. The third-order valence-electron chi connectivity index (χ3n) is 3.44. The van der Waals surface area contributed by atoms with E-state index < -0.39 is 24.3 Å². The number of hydrogen-bond donors (Lipinski definition) is 1. The fourth-order valence-corrected chi connectivity index (χ4v) is 2.67. The van der Waals surface area contributed by atoms with E-state index in [9.17, 15) is 14.0 Å². The van der Waals surface area contributed by atoms with Gasteiger partial charge >= 0.3 is 5.97 Å². The van der Waals surface area contributed by atoms with E-state index in [2.05, 4.69) is 10.3 Å². The minimum absolute atomic E-state index is 0.101. The van der Waals surface area contributed by atoms with E-state index in [-0.39, 0.29) is 21.4 Å². The smallest absolute Gasteiger partial charge is 0.339 e. The normalized spacial score (nSPS) is 10.6. The van der Waals surface area contributed by atoms with Crippen molar-refractivity contribution in [3.8, 4) is 0 Å². The van der Waals surface area contributed by atoms with Crippen molar-refractivity contribution in [2.75, 3.05) is 11.9 Å². The number of pyridine rings is 1. The van der Waals surface area contributed by atoms with Gasteiger partial charge in [0.25, 0.3) is 5.91 Å². The van der Waals surface area contributed by atoms with Gasteiger partial charge in [0, 0.05) is 10.4 Å². The van der Waals surface area contributed by atoms with Crippen molar-refractivity contribution < 1.29 is 18.7 Å². The molecule has 8 heteroatoms. The van der Waals surface area contributed by atoms with Crippen molar-refractivity contribution in [2.45, 2.75) is 0 Å². The molecule has 0 bridgehead atoms. The highest BCUT2D eigenvalue weighted by Gasteiger charge is 2.16. The Kier molecular flexibility index (Phi) is 5.35. The number of hydrogen-bond acceptors (Lipinski definition) is 4. The number of carbonyl (C=O) groups is 2. The van der Waals surface area contributed by atoms with E-state index in [1.807, 2.05) is 0 Å². The topological polar surface area (TPSA) is 68.3 Å². The van der Waals surface area contributed by atoms with Gasteiger partial charge in [-0.25, -0.2) is 14.2 Å². The van der Waals surface area contributed by atoms with Crippen LogP contribution in [0.5, 0.6) is 0 Å². The molecule has 2 aromatic carbocycles. The number of nitrogens with zero attached hydrogens (tertiary/aromatic N) is 1. The van der Waals surface area contributed by atoms with Gasteiger partial charge < -0.3 is 10.1 Å². The summed E-state index contributed by atoms with van der Waals surface area (Å²) >= 11 is 11.7. The molecule has 1 amide bonds. The monoisotopic (exact) mass is 392 g/mol. The van der Waals surface area contributed by atoms with Crippen molar-refractivity contribution >= 4 is 51.7 Å². The number of fused-ring (bicyclic) bond motifs is 1. The Labute approximate surface area is 157 Å². The Bertz CT molecular complexity index is 1010. The Morgan fingerprint density at radius 1 is 1.12 bits per heavy atom. The van der Waals surface area contributed by atoms with Gasteiger partial charge in [-0.1, -0.05) is 41.4 Å². The van der Waals surface area contributed by atoms with Gasteiger partial charge in [0.1, 0.15) is 11.0 Å². The molecule has 0 spiro atoms. The number of rotatable bonds is 4. The first kappa shape index (κ1) is 18.1. The highest BCUT2D eigenvalue weighted by Crippen LogP contribution is 2.22. The summed E-state index contributed by atoms with van der Waals surface area (Å²) in [5.41, 5.74) is 0.607. The second kappa shape index (κ2) is 7.68. The number of aromatic nitrogens is 1. The van der Waals surface area contributed by atoms with Gasteiger partial charge in [0.15, 0.2) is 6.61 Å². The van der Waals surface area contributed by atoms with Crippen LogP contribution in [-0.4, -0.2) is 23.5 Å². The molecule has 0 saturated carbocycles. The molecule has 3 aromatic rings. The zero-order valence-electron chi connectivity index (χ0n) is 13.1. The quantitative estimate of drug-likeness (QED) is 0.525. The number of para-hydroxylation sites is 1. The number of amides is 1. The summed E-state index contributed by atoms with van der Waals surface area (Å²) in [6.07, 6.45) is 0. The Hall–Kier alpha value is -2.70. The van der Waals surface area contributed by atoms with Crippen LogP contribution in [0.3, 0.4) is 0 Å². The van der Waals surface area contributed by atoms with Crippen molar-refractivity contribution in [3.63, 3.8) is 0 Å². The molecule has 26 heavy (non-hydrogen) atoms. The lowest BCUT2D eigenvalue weighted by Gasteiger charge is -2.09. The third-order valence-corrected chi connectivity index (χ3v) is 3.87. The Balaban J connectivity index is 1.71. The van der Waals surface area contributed by atoms with Gasteiger partial charge in [0.05, 0.1) is 16.8 Å². The van der Waals surface area contributed by atoms with E-state index in [1.165, 1.54) is 18.2 Å². The molecule has 1 N–H and O–H groups in total. The molecule has 0 aliphatic carbocycles. The van der Waals surface area contributed by atoms with Crippen LogP contribution >= 0.6 is 23.2 Å². The summed E-state index contributed by atoms with van der Waals surface area (Å²) in [7, 11) is 0. The zero-order chi connectivity index (χ0) is 18.7. The molecule has 0 aliphatic rings.